The summed E-state index contributed by atoms with van der Waals surface area (Å²) in [6.45, 7) is 2.16. The number of alkyl halides is 3. The van der Waals surface area contributed by atoms with Gasteiger partial charge in [-0.05, 0) is 25.1 Å². The highest BCUT2D eigenvalue weighted by Gasteiger charge is 2.31. The predicted octanol–water partition coefficient (Wildman–Crippen LogP) is 2.49. The van der Waals surface area contributed by atoms with E-state index in [2.05, 4.69) is 5.32 Å². The number of hydrogen-bond donors (Lipinski definition) is 3. The first-order chi connectivity index (χ1) is 9.15. The zero-order chi connectivity index (χ0) is 15.4. The minimum Gasteiger partial charge on any atom is -0.397 e. The van der Waals surface area contributed by atoms with Crippen LogP contribution in [-0.2, 0) is 10.9 Å². The summed E-state index contributed by atoms with van der Waals surface area (Å²) in [6.07, 6.45) is -4.02. The summed E-state index contributed by atoms with van der Waals surface area (Å²) >= 11 is 0. The van der Waals surface area contributed by atoms with Gasteiger partial charge in [-0.2, -0.15) is 13.2 Å². The molecule has 0 amide bonds. The van der Waals surface area contributed by atoms with Crippen LogP contribution in [-0.4, -0.2) is 31.0 Å². The molecule has 1 unspecified atom stereocenters. The molecule has 0 radical (unpaired) electrons. The van der Waals surface area contributed by atoms with Gasteiger partial charge in [-0.1, -0.05) is 0 Å². The van der Waals surface area contributed by atoms with Gasteiger partial charge >= 0.3 is 6.18 Å². The van der Waals surface area contributed by atoms with Crippen molar-refractivity contribution in [3.63, 3.8) is 0 Å². The van der Waals surface area contributed by atoms with Gasteiger partial charge in [-0.3, -0.25) is 0 Å². The number of hydrogen-bond acceptors (Lipinski definition) is 4. The van der Waals surface area contributed by atoms with E-state index in [1.165, 1.54) is 13.2 Å². The molecule has 0 heterocycles. The standard InChI is InChI=1S/C13H19F3N2O2/c1-12(19,5-6-20-2)8-18-11-4-3-9(7-10(11)17)13(14,15)16/h3-4,7,18-19H,5-6,8,17H2,1-2H3. The number of ether oxygens (including phenoxy) is 1. The summed E-state index contributed by atoms with van der Waals surface area (Å²) in [7, 11) is 1.53. The minimum absolute atomic E-state index is 0.0117. The fourth-order valence-corrected chi connectivity index (χ4v) is 1.60. The van der Waals surface area contributed by atoms with Crippen LogP contribution < -0.4 is 11.1 Å². The molecule has 0 aliphatic carbocycles. The lowest BCUT2D eigenvalue weighted by molar-refractivity contribution is -0.137. The topological polar surface area (TPSA) is 67.5 Å². The van der Waals surface area contributed by atoms with E-state index in [-0.39, 0.29) is 12.2 Å². The summed E-state index contributed by atoms with van der Waals surface area (Å²) in [5.74, 6) is 0. The summed E-state index contributed by atoms with van der Waals surface area (Å²) in [6, 6.07) is 3.07. The first-order valence-corrected chi connectivity index (χ1v) is 6.07. The summed E-state index contributed by atoms with van der Waals surface area (Å²) in [5, 5.41) is 12.9. The zero-order valence-electron chi connectivity index (χ0n) is 11.4. The first kappa shape index (κ1) is 16.6. The van der Waals surface area contributed by atoms with Gasteiger partial charge in [0.25, 0.3) is 0 Å². The summed E-state index contributed by atoms with van der Waals surface area (Å²) in [4.78, 5) is 0. The second-order valence-corrected chi connectivity index (χ2v) is 4.89. The Morgan fingerprint density at radius 2 is 2.00 bits per heavy atom. The van der Waals surface area contributed by atoms with E-state index in [9.17, 15) is 18.3 Å². The van der Waals surface area contributed by atoms with E-state index in [4.69, 9.17) is 10.5 Å². The molecule has 0 saturated heterocycles. The molecule has 1 aromatic rings. The molecule has 0 fully saturated rings. The van der Waals surface area contributed by atoms with Crippen molar-refractivity contribution in [2.75, 3.05) is 31.3 Å². The number of anilines is 2. The van der Waals surface area contributed by atoms with Gasteiger partial charge in [0, 0.05) is 26.7 Å². The van der Waals surface area contributed by atoms with Gasteiger partial charge in [-0.25, -0.2) is 0 Å². The van der Waals surface area contributed by atoms with E-state index in [0.29, 0.717) is 18.7 Å². The van der Waals surface area contributed by atoms with Crippen LogP contribution in [0.5, 0.6) is 0 Å². The monoisotopic (exact) mass is 292 g/mol. The Kier molecular flexibility index (Phi) is 5.24. The Bertz CT molecular complexity index is 448. The number of halogens is 3. The van der Waals surface area contributed by atoms with Crippen LogP contribution in [0.1, 0.15) is 18.9 Å². The summed E-state index contributed by atoms with van der Waals surface area (Å²) < 4.78 is 42.3. The third-order valence-corrected chi connectivity index (χ3v) is 2.88. The smallest absolute Gasteiger partial charge is 0.397 e. The number of rotatable bonds is 6. The molecule has 0 saturated carbocycles. The molecule has 1 atom stereocenters. The molecule has 0 aliphatic rings. The summed E-state index contributed by atoms with van der Waals surface area (Å²) in [5.41, 5.74) is 4.09. The lowest BCUT2D eigenvalue weighted by atomic mass is 10.0. The maximum atomic E-state index is 12.5. The number of benzene rings is 1. The van der Waals surface area contributed by atoms with Gasteiger partial charge < -0.3 is 20.9 Å². The Balaban J connectivity index is 2.70. The number of nitrogens with two attached hydrogens (primary N) is 1. The van der Waals surface area contributed by atoms with Crippen LogP contribution in [0.15, 0.2) is 18.2 Å². The van der Waals surface area contributed by atoms with E-state index in [0.717, 1.165) is 12.1 Å². The van der Waals surface area contributed by atoms with Gasteiger partial charge in [0.1, 0.15) is 0 Å². The normalized spacial score (nSPS) is 14.9. The minimum atomic E-state index is -4.42. The van der Waals surface area contributed by atoms with Crippen LogP contribution >= 0.6 is 0 Å². The van der Waals surface area contributed by atoms with Crippen LogP contribution in [0.4, 0.5) is 24.5 Å². The van der Waals surface area contributed by atoms with Crippen molar-refractivity contribution < 1.29 is 23.0 Å². The van der Waals surface area contributed by atoms with Crippen LogP contribution in [0, 0.1) is 0 Å². The first-order valence-electron chi connectivity index (χ1n) is 6.07. The van der Waals surface area contributed by atoms with E-state index in [1.54, 1.807) is 6.92 Å². The van der Waals surface area contributed by atoms with Crippen molar-refractivity contribution in [1.29, 1.82) is 0 Å². The zero-order valence-corrected chi connectivity index (χ0v) is 11.4. The fraction of sp³-hybridized carbons (Fsp3) is 0.538. The molecule has 0 spiro atoms. The average molecular weight is 292 g/mol. The largest absolute Gasteiger partial charge is 0.416 e. The molecule has 20 heavy (non-hydrogen) atoms. The Hall–Kier alpha value is -1.47. The van der Waals surface area contributed by atoms with Gasteiger partial charge in [0.05, 0.1) is 22.5 Å². The van der Waals surface area contributed by atoms with E-state index in [1.807, 2.05) is 0 Å². The lowest BCUT2D eigenvalue weighted by Gasteiger charge is -2.24. The second kappa shape index (κ2) is 6.32. The third-order valence-electron chi connectivity index (χ3n) is 2.88. The molecule has 1 rings (SSSR count). The average Bonchev–Trinajstić information content (AvgIpc) is 2.34. The molecule has 0 bridgehead atoms. The Morgan fingerprint density at radius 1 is 1.35 bits per heavy atom. The highest BCUT2D eigenvalue weighted by molar-refractivity contribution is 5.67. The number of methoxy groups -OCH3 is 1. The number of nitrogen functional groups attached to an aromatic ring is 1. The van der Waals surface area contributed by atoms with Gasteiger partial charge in [0.15, 0.2) is 0 Å². The SMILES string of the molecule is COCCC(C)(O)CNc1ccc(C(F)(F)F)cc1N. The highest BCUT2D eigenvalue weighted by atomic mass is 19.4. The van der Waals surface area contributed by atoms with Crippen molar-refractivity contribution in [1.82, 2.24) is 0 Å². The molecule has 1 aromatic carbocycles. The molecule has 114 valence electrons. The maximum absolute atomic E-state index is 12.5. The molecule has 0 aliphatic heterocycles. The van der Waals surface area contributed by atoms with Crippen molar-refractivity contribution in [2.24, 2.45) is 0 Å². The Morgan fingerprint density at radius 3 is 2.50 bits per heavy atom. The van der Waals surface area contributed by atoms with E-state index < -0.39 is 17.3 Å². The Labute approximate surface area is 115 Å². The van der Waals surface area contributed by atoms with Crippen molar-refractivity contribution in [3.05, 3.63) is 23.8 Å². The van der Waals surface area contributed by atoms with Gasteiger partial charge in [-0.15, -0.1) is 0 Å². The van der Waals surface area contributed by atoms with Gasteiger partial charge in [0.2, 0.25) is 0 Å². The van der Waals surface area contributed by atoms with Crippen molar-refractivity contribution in [3.8, 4) is 0 Å². The maximum Gasteiger partial charge on any atom is 0.416 e. The molecular formula is C13H19F3N2O2. The molecule has 7 heteroatoms. The quantitative estimate of drug-likeness (QED) is 0.705. The molecule has 4 N–H and O–H groups in total. The third kappa shape index (κ3) is 4.90. The predicted molar refractivity (Wildman–Crippen MR) is 71.5 cm³/mol. The molecular weight excluding hydrogens is 273 g/mol. The lowest BCUT2D eigenvalue weighted by Crippen LogP contribution is -2.34. The number of aliphatic hydroxyl groups is 1. The van der Waals surface area contributed by atoms with E-state index >= 15 is 0 Å². The van der Waals surface area contributed by atoms with Crippen molar-refractivity contribution >= 4 is 11.4 Å². The second-order valence-electron chi connectivity index (χ2n) is 4.89. The fourth-order valence-electron chi connectivity index (χ4n) is 1.60. The molecule has 4 nitrogen and oxygen atoms in total. The van der Waals surface area contributed by atoms with Crippen LogP contribution in [0.2, 0.25) is 0 Å². The van der Waals surface area contributed by atoms with Crippen molar-refractivity contribution in [2.45, 2.75) is 25.1 Å². The molecule has 0 aromatic heterocycles. The highest BCUT2D eigenvalue weighted by Crippen LogP contribution is 2.32. The van der Waals surface area contributed by atoms with Crippen LogP contribution in [0.3, 0.4) is 0 Å². The van der Waals surface area contributed by atoms with Crippen LogP contribution in [0.25, 0.3) is 0 Å². The number of nitrogens with one attached hydrogen (secondary N) is 1.